The number of hydrogen-bond acceptors (Lipinski definition) is 3. The number of fused-ring (bicyclic) bond motifs is 4. The highest BCUT2D eigenvalue weighted by atomic mass is 19.1. The molecule has 0 aromatic carbocycles. The van der Waals surface area contributed by atoms with Crippen LogP contribution in [0.15, 0.2) is 22.8 Å². The van der Waals surface area contributed by atoms with Gasteiger partial charge in [-0.2, -0.15) is 0 Å². The molecule has 4 heteroatoms. The van der Waals surface area contributed by atoms with E-state index < -0.39 is 18.3 Å². The highest BCUT2D eigenvalue weighted by Crippen LogP contribution is 2.62. The standard InChI is InChI=1S/C19H28FNO2/c1-18-5-3-11(22)7-10(18)8-15(23)16-12(18)4-6-19(2)13(16)9-14(20)17(19)21/h7,11-12,14-15,17,22-23H,3-6,8-9,21H2,1-2H3/t11?,12-,14?,15?,17?,18+,19+/m1/s1. The minimum atomic E-state index is -0.994. The van der Waals surface area contributed by atoms with Gasteiger partial charge in [-0.1, -0.05) is 31.1 Å². The minimum absolute atomic E-state index is 0.000613. The summed E-state index contributed by atoms with van der Waals surface area (Å²) in [6, 6.07) is -0.448. The Morgan fingerprint density at radius 2 is 1.83 bits per heavy atom. The van der Waals surface area contributed by atoms with Crippen LogP contribution in [0.2, 0.25) is 0 Å². The Hall–Kier alpha value is -0.710. The number of alkyl halides is 1. The van der Waals surface area contributed by atoms with Crippen molar-refractivity contribution in [2.45, 2.75) is 76.8 Å². The van der Waals surface area contributed by atoms with Crippen LogP contribution in [-0.2, 0) is 0 Å². The van der Waals surface area contributed by atoms with E-state index in [1.807, 2.05) is 6.08 Å². The molecule has 4 unspecified atom stereocenters. The number of aliphatic hydroxyl groups excluding tert-OH is 2. The fraction of sp³-hybridized carbons (Fsp3) is 0.789. The predicted molar refractivity (Wildman–Crippen MR) is 87.4 cm³/mol. The molecule has 2 fully saturated rings. The highest BCUT2D eigenvalue weighted by Gasteiger charge is 2.57. The van der Waals surface area contributed by atoms with Crippen molar-refractivity contribution in [1.82, 2.24) is 0 Å². The van der Waals surface area contributed by atoms with Crippen molar-refractivity contribution in [3.05, 3.63) is 22.8 Å². The predicted octanol–water partition coefficient (Wildman–Crippen LogP) is 2.62. The van der Waals surface area contributed by atoms with Gasteiger partial charge in [0.2, 0.25) is 0 Å². The summed E-state index contributed by atoms with van der Waals surface area (Å²) in [7, 11) is 0. The van der Waals surface area contributed by atoms with Gasteiger partial charge < -0.3 is 15.9 Å². The van der Waals surface area contributed by atoms with Crippen LogP contribution < -0.4 is 5.73 Å². The van der Waals surface area contributed by atoms with Crippen LogP contribution in [0.3, 0.4) is 0 Å². The molecular formula is C19H28FNO2. The fourth-order valence-corrected chi connectivity index (χ4v) is 5.96. The number of aliphatic hydroxyl groups is 2. The first-order chi connectivity index (χ1) is 10.8. The molecule has 0 amide bonds. The van der Waals surface area contributed by atoms with E-state index >= 15 is 0 Å². The van der Waals surface area contributed by atoms with E-state index in [9.17, 15) is 14.6 Å². The first-order valence-electron chi connectivity index (χ1n) is 8.98. The van der Waals surface area contributed by atoms with Crippen LogP contribution >= 0.6 is 0 Å². The molecule has 23 heavy (non-hydrogen) atoms. The number of hydrogen-bond donors (Lipinski definition) is 3. The van der Waals surface area contributed by atoms with Gasteiger partial charge in [-0.3, -0.25) is 0 Å². The first kappa shape index (κ1) is 15.8. The van der Waals surface area contributed by atoms with Crippen molar-refractivity contribution in [2.24, 2.45) is 22.5 Å². The third-order valence-corrected chi connectivity index (χ3v) is 7.52. The molecule has 4 aliphatic rings. The van der Waals surface area contributed by atoms with Crippen LogP contribution in [-0.4, -0.2) is 34.6 Å². The SMILES string of the molecule is C[C@]12CC[C@@H]3C(=C1CC(F)C2N)C(O)CC1=CC(O)CC[C@@]13C. The van der Waals surface area contributed by atoms with Crippen LogP contribution in [0.1, 0.15) is 52.4 Å². The second kappa shape index (κ2) is 4.90. The monoisotopic (exact) mass is 321 g/mol. The van der Waals surface area contributed by atoms with Crippen molar-refractivity contribution in [1.29, 1.82) is 0 Å². The molecule has 0 saturated heterocycles. The summed E-state index contributed by atoms with van der Waals surface area (Å²) in [5.74, 6) is 0.269. The lowest BCUT2D eigenvalue weighted by molar-refractivity contribution is 0.0638. The van der Waals surface area contributed by atoms with Crippen LogP contribution in [0, 0.1) is 16.7 Å². The lowest BCUT2D eigenvalue weighted by atomic mass is 9.51. The third kappa shape index (κ3) is 1.98. The molecule has 4 N–H and O–H groups in total. The van der Waals surface area contributed by atoms with Gasteiger partial charge in [0, 0.05) is 17.9 Å². The molecular weight excluding hydrogens is 293 g/mol. The van der Waals surface area contributed by atoms with Gasteiger partial charge in [0.15, 0.2) is 0 Å². The van der Waals surface area contributed by atoms with Crippen molar-refractivity contribution >= 4 is 0 Å². The summed E-state index contributed by atoms with van der Waals surface area (Å²) in [6.45, 7) is 4.35. The molecule has 3 nitrogen and oxygen atoms in total. The molecule has 0 aromatic rings. The maximum absolute atomic E-state index is 14.3. The lowest BCUT2D eigenvalue weighted by Crippen LogP contribution is -2.49. The number of nitrogens with two attached hydrogens (primary N) is 1. The Labute approximate surface area is 137 Å². The van der Waals surface area contributed by atoms with Gasteiger partial charge in [0.25, 0.3) is 0 Å². The third-order valence-electron chi connectivity index (χ3n) is 7.52. The van der Waals surface area contributed by atoms with Crippen molar-refractivity contribution in [3.8, 4) is 0 Å². The molecule has 0 bridgehead atoms. The second-order valence-electron chi connectivity index (χ2n) is 8.62. The fourth-order valence-electron chi connectivity index (χ4n) is 5.96. The smallest absolute Gasteiger partial charge is 0.120 e. The lowest BCUT2D eigenvalue weighted by Gasteiger charge is -2.54. The topological polar surface area (TPSA) is 66.5 Å². The summed E-state index contributed by atoms with van der Waals surface area (Å²) >= 11 is 0. The van der Waals surface area contributed by atoms with Gasteiger partial charge in [-0.15, -0.1) is 0 Å². The van der Waals surface area contributed by atoms with Gasteiger partial charge in [0.1, 0.15) is 6.17 Å². The summed E-state index contributed by atoms with van der Waals surface area (Å²) < 4.78 is 14.3. The summed E-state index contributed by atoms with van der Waals surface area (Å²) in [4.78, 5) is 0. The quantitative estimate of drug-likeness (QED) is 0.601. The average Bonchev–Trinajstić information content (AvgIpc) is 2.73. The molecule has 0 aliphatic heterocycles. The Kier molecular flexibility index (Phi) is 3.37. The molecule has 4 rings (SSSR count). The molecule has 0 heterocycles. The van der Waals surface area contributed by atoms with Gasteiger partial charge in [-0.25, -0.2) is 4.39 Å². The molecule has 2 saturated carbocycles. The largest absolute Gasteiger partial charge is 0.389 e. The van der Waals surface area contributed by atoms with E-state index in [-0.39, 0.29) is 22.9 Å². The van der Waals surface area contributed by atoms with Crippen molar-refractivity contribution in [2.75, 3.05) is 0 Å². The molecule has 0 radical (unpaired) electrons. The van der Waals surface area contributed by atoms with E-state index in [2.05, 4.69) is 13.8 Å². The Morgan fingerprint density at radius 1 is 1.13 bits per heavy atom. The first-order valence-corrected chi connectivity index (χ1v) is 8.98. The van der Waals surface area contributed by atoms with Gasteiger partial charge in [-0.05, 0) is 49.0 Å². The second-order valence-corrected chi connectivity index (χ2v) is 8.62. The zero-order valence-corrected chi connectivity index (χ0v) is 14.1. The maximum Gasteiger partial charge on any atom is 0.120 e. The molecule has 0 aromatic heterocycles. The van der Waals surface area contributed by atoms with Crippen LogP contribution in [0.25, 0.3) is 0 Å². The summed E-state index contributed by atoms with van der Waals surface area (Å²) in [5, 5.41) is 20.8. The zero-order valence-electron chi connectivity index (χ0n) is 14.1. The van der Waals surface area contributed by atoms with Crippen LogP contribution in [0.4, 0.5) is 4.39 Å². The van der Waals surface area contributed by atoms with E-state index in [0.29, 0.717) is 12.8 Å². The number of halogens is 1. The summed E-state index contributed by atoms with van der Waals surface area (Å²) in [6.07, 6.45) is 4.57. The molecule has 7 atom stereocenters. The van der Waals surface area contributed by atoms with E-state index in [1.54, 1.807) is 0 Å². The normalized spacial score (nSPS) is 52.6. The Bertz CT molecular complexity index is 600. The minimum Gasteiger partial charge on any atom is -0.389 e. The van der Waals surface area contributed by atoms with E-state index in [0.717, 1.165) is 36.8 Å². The maximum atomic E-state index is 14.3. The number of rotatable bonds is 0. The van der Waals surface area contributed by atoms with Crippen molar-refractivity contribution in [3.63, 3.8) is 0 Å². The van der Waals surface area contributed by atoms with E-state index in [1.165, 1.54) is 5.57 Å². The van der Waals surface area contributed by atoms with Gasteiger partial charge in [0.05, 0.1) is 12.2 Å². The summed E-state index contributed by atoms with van der Waals surface area (Å²) in [5.41, 5.74) is 9.28. The Balaban J connectivity index is 1.84. The average molecular weight is 321 g/mol. The molecule has 0 spiro atoms. The molecule has 128 valence electrons. The highest BCUT2D eigenvalue weighted by molar-refractivity contribution is 5.43. The Morgan fingerprint density at radius 3 is 2.57 bits per heavy atom. The van der Waals surface area contributed by atoms with Crippen LogP contribution in [0.5, 0.6) is 0 Å². The molecule has 4 aliphatic carbocycles. The zero-order chi connectivity index (χ0) is 16.6. The van der Waals surface area contributed by atoms with Gasteiger partial charge >= 0.3 is 0 Å². The van der Waals surface area contributed by atoms with E-state index in [4.69, 9.17) is 5.73 Å². The van der Waals surface area contributed by atoms with Crippen molar-refractivity contribution < 1.29 is 14.6 Å².